The summed E-state index contributed by atoms with van der Waals surface area (Å²) < 4.78 is 30.2. The highest BCUT2D eigenvalue weighted by Gasteiger charge is 2.20. The van der Waals surface area contributed by atoms with E-state index in [2.05, 4.69) is 9.05 Å². The van der Waals surface area contributed by atoms with Gasteiger partial charge in [-0.25, -0.2) is 9.13 Å². The van der Waals surface area contributed by atoms with Crippen molar-refractivity contribution in [3.63, 3.8) is 0 Å². The summed E-state index contributed by atoms with van der Waals surface area (Å²) in [5.74, 6) is -1.93. The fraction of sp³-hybridized carbons (Fsp3) is 0. The standard InChI is InChI=1S/C10H10O10P2/c11-8-3-6(19-21(13,14)15)1-5-2-7(20-22(16,17)18)4-9(12)10(5)8/h1-4,11-12H,(H2,13,14,15)(H2,16,17,18). The van der Waals surface area contributed by atoms with E-state index in [9.17, 15) is 19.3 Å². The molecule has 12 heteroatoms. The molecule has 6 N–H and O–H groups in total. The lowest BCUT2D eigenvalue weighted by Gasteiger charge is -2.12. The minimum atomic E-state index is -4.87. The Morgan fingerprint density at radius 3 is 1.41 bits per heavy atom. The number of phosphoric ester groups is 2. The molecule has 0 heterocycles. The van der Waals surface area contributed by atoms with E-state index in [1.165, 1.54) is 0 Å². The highest BCUT2D eigenvalue weighted by atomic mass is 31.2. The second-order valence-corrected chi connectivity index (χ2v) is 6.47. The summed E-state index contributed by atoms with van der Waals surface area (Å²) in [6, 6.07) is 3.82. The molecule has 10 nitrogen and oxygen atoms in total. The highest BCUT2D eigenvalue weighted by molar-refractivity contribution is 7.47. The molecule has 0 aromatic heterocycles. The number of fused-ring (bicyclic) bond motifs is 1. The summed E-state index contributed by atoms with van der Waals surface area (Å²) in [7, 11) is -9.74. The topological polar surface area (TPSA) is 174 Å². The predicted octanol–water partition coefficient (Wildman–Crippen LogP) is 1.19. The average molecular weight is 352 g/mol. The van der Waals surface area contributed by atoms with Crippen LogP contribution in [0.2, 0.25) is 0 Å². The van der Waals surface area contributed by atoms with Gasteiger partial charge in [-0.05, 0) is 17.5 Å². The first kappa shape index (κ1) is 16.6. The smallest absolute Gasteiger partial charge is 0.507 e. The molecule has 0 aliphatic heterocycles. The van der Waals surface area contributed by atoms with Crippen LogP contribution in [-0.2, 0) is 9.13 Å². The first-order chi connectivity index (χ1) is 9.94. The average Bonchev–Trinajstić information content (AvgIpc) is 2.21. The van der Waals surface area contributed by atoms with Gasteiger partial charge in [0, 0.05) is 12.1 Å². The summed E-state index contributed by atoms with van der Waals surface area (Å²) >= 11 is 0. The molecule has 0 radical (unpaired) electrons. The molecule has 0 fully saturated rings. The second kappa shape index (κ2) is 5.44. The van der Waals surface area contributed by atoms with Crippen LogP contribution in [0.3, 0.4) is 0 Å². The van der Waals surface area contributed by atoms with Crippen molar-refractivity contribution in [3.05, 3.63) is 24.3 Å². The number of benzene rings is 2. The Morgan fingerprint density at radius 1 is 0.727 bits per heavy atom. The third-order valence-electron chi connectivity index (χ3n) is 2.40. The zero-order valence-corrected chi connectivity index (χ0v) is 12.3. The Balaban J connectivity index is 2.59. The third-order valence-corrected chi connectivity index (χ3v) is 3.30. The molecule has 2 aromatic rings. The van der Waals surface area contributed by atoms with E-state index in [1.807, 2.05) is 0 Å². The molecular weight excluding hydrogens is 342 g/mol. The van der Waals surface area contributed by atoms with Crippen molar-refractivity contribution in [2.75, 3.05) is 0 Å². The van der Waals surface area contributed by atoms with Crippen LogP contribution in [0.25, 0.3) is 10.8 Å². The van der Waals surface area contributed by atoms with E-state index in [1.54, 1.807) is 0 Å². The first-order valence-electron chi connectivity index (χ1n) is 5.45. The Bertz CT molecular complexity index is 755. The fourth-order valence-corrected chi connectivity index (χ4v) is 2.56. The zero-order chi connectivity index (χ0) is 16.7. The summed E-state index contributed by atoms with van der Waals surface area (Å²) in [4.78, 5) is 34.9. The fourth-order valence-electron chi connectivity index (χ4n) is 1.80. The van der Waals surface area contributed by atoms with Crippen molar-refractivity contribution in [2.24, 2.45) is 0 Å². The molecule has 22 heavy (non-hydrogen) atoms. The molecule has 0 saturated heterocycles. The maximum Gasteiger partial charge on any atom is 0.524 e. The van der Waals surface area contributed by atoms with Crippen molar-refractivity contribution in [3.8, 4) is 23.0 Å². The SMILES string of the molecule is O=P(O)(O)Oc1cc(O)c2c(O)cc(OP(=O)(O)O)cc2c1. The van der Waals surface area contributed by atoms with Gasteiger partial charge in [0.05, 0.1) is 5.39 Å². The van der Waals surface area contributed by atoms with Crippen LogP contribution >= 0.6 is 15.6 Å². The van der Waals surface area contributed by atoms with E-state index in [0.29, 0.717) is 0 Å². The molecule has 0 amide bonds. The van der Waals surface area contributed by atoms with Crippen LogP contribution < -0.4 is 9.05 Å². The number of phenolic OH excluding ortho intramolecular Hbond substituents is 2. The first-order valence-corrected chi connectivity index (χ1v) is 8.51. The van der Waals surface area contributed by atoms with E-state index in [4.69, 9.17) is 19.6 Å². The van der Waals surface area contributed by atoms with Gasteiger partial charge in [0.2, 0.25) is 0 Å². The lowest BCUT2D eigenvalue weighted by atomic mass is 10.1. The minimum absolute atomic E-state index is 0.0214. The van der Waals surface area contributed by atoms with Crippen molar-refractivity contribution >= 4 is 26.4 Å². The predicted molar refractivity (Wildman–Crippen MR) is 72.6 cm³/mol. The number of hydrogen-bond donors (Lipinski definition) is 6. The van der Waals surface area contributed by atoms with Crippen molar-refractivity contribution < 1.29 is 48.0 Å². The molecule has 0 aliphatic carbocycles. The van der Waals surface area contributed by atoms with Gasteiger partial charge in [-0.15, -0.1) is 0 Å². The third kappa shape index (κ3) is 4.11. The molecule has 2 rings (SSSR count). The van der Waals surface area contributed by atoms with E-state index < -0.39 is 38.6 Å². The Morgan fingerprint density at radius 2 is 1.09 bits per heavy atom. The Kier molecular flexibility index (Phi) is 4.09. The van der Waals surface area contributed by atoms with Gasteiger partial charge in [0.1, 0.15) is 23.0 Å². The number of rotatable bonds is 4. The lowest BCUT2D eigenvalue weighted by Crippen LogP contribution is -1.92. The summed E-state index contributed by atoms with van der Waals surface area (Å²) in [6.45, 7) is 0. The molecule has 0 saturated carbocycles. The number of hydrogen-bond acceptors (Lipinski definition) is 6. The zero-order valence-electron chi connectivity index (χ0n) is 10.5. The van der Waals surface area contributed by atoms with Gasteiger partial charge < -0.3 is 19.3 Å². The molecule has 0 bridgehead atoms. The number of phosphoric acid groups is 2. The lowest BCUT2D eigenvalue weighted by molar-refractivity contribution is 0.281. The van der Waals surface area contributed by atoms with Gasteiger partial charge in [0.25, 0.3) is 0 Å². The van der Waals surface area contributed by atoms with Gasteiger partial charge in [-0.3, -0.25) is 19.6 Å². The van der Waals surface area contributed by atoms with Crippen LogP contribution in [0.5, 0.6) is 23.0 Å². The number of aromatic hydroxyl groups is 2. The Hall–Kier alpha value is -1.80. The molecule has 0 spiro atoms. The maximum atomic E-state index is 10.8. The highest BCUT2D eigenvalue weighted by Crippen LogP contribution is 2.45. The van der Waals surface area contributed by atoms with Crippen LogP contribution in [0.4, 0.5) is 0 Å². The van der Waals surface area contributed by atoms with Crippen molar-refractivity contribution in [1.82, 2.24) is 0 Å². The molecule has 2 aromatic carbocycles. The summed E-state index contributed by atoms with van der Waals surface area (Å²) in [6.07, 6.45) is 0. The van der Waals surface area contributed by atoms with E-state index >= 15 is 0 Å². The Labute approximate surface area is 122 Å². The van der Waals surface area contributed by atoms with Gasteiger partial charge >= 0.3 is 15.6 Å². The van der Waals surface area contributed by atoms with Crippen LogP contribution in [0.1, 0.15) is 0 Å². The van der Waals surface area contributed by atoms with E-state index in [0.717, 1.165) is 24.3 Å². The van der Waals surface area contributed by atoms with Crippen LogP contribution in [0, 0.1) is 0 Å². The quantitative estimate of drug-likeness (QED) is 0.439. The largest absolute Gasteiger partial charge is 0.524 e. The maximum absolute atomic E-state index is 10.8. The molecule has 0 atom stereocenters. The number of phenols is 2. The van der Waals surface area contributed by atoms with E-state index in [-0.39, 0.29) is 10.8 Å². The minimum Gasteiger partial charge on any atom is -0.507 e. The summed E-state index contributed by atoms with van der Waals surface area (Å²) in [5.41, 5.74) is 0. The summed E-state index contributed by atoms with van der Waals surface area (Å²) in [5, 5.41) is 19.4. The van der Waals surface area contributed by atoms with Crippen molar-refractivity contribution in [1.29, 1.82) is 0 Å². The monoisotopic (exact) mass is 352 g/mol. The molecule has 0 aliphatic rings. The van der Waals surface area contributed by atoms with Crippen molar-refractivity contribution in [2.45, 2.75) is 0 Å². The van der Waals surface area contributed by atoms with Crippen LogP contribution in [-0.4, -0.2) is 29.8 Å². The molecular formula is C10H10O10P2. The second-order valence-electron chi connectivity index (χ2n) is 4.15. The molecule has 120 valence electrons. The molecule has 0 unspecified atom stereocenters. The normalized spacial score (nSPS) is 12.4. The van der Waals surface area contributed by atoms with Gasteiger partial charge in [0.15, 0.2) is 0 Å². The van der Waals surface area contributed by atoms with Gasteiger partial charge in [-0.2, -0.15) is 0 Å². The van der Waals surface area contributed by atoms with Crippen LogP contribution in [0.15, 0.2) is 24.3 Å². The van der Waals surface area contributed by atoms with Gasteiger partial charge in [-0.1, -0.05) is 0 Å².